The Morgan fingerprint density at radius 2 is 2.00 bits per heavy atom. The SMILES string of the molecule is CC(Sc1nnc(Cc2cccs2)n1CCc1ccccc1)C(=O)NC1CCCCC1C. The molecule has 1 aromatic carbocycles. The fraction of sp³-hybridized carbons (Fsp3) is 0.480. The highest BCUT2D eigenvalue weighted by molar-refractivity contribution is 8.00. The van der Waals surface area contributed by atoms with Gasteiger partial charge in [-0.05, 0) is 49.1 Å². The molecular formula is C25H32N4OS2. The average Bonchev–Trinajstić information content (AvgIpc) is 3.45. The number of carbonyl (C=O) groups is 1. The third-order valence-corrected chi connectivity index (χ3v) is 8.22. The van der Waals surface area contributed by atoms with Gasteiger partial charge < -0.3 is 9.88 Å². The van der Waals surface area contributed by atoms with E-state index in [1.54, 1.807) is 11.3 Å². The lowest BCUT2D eigenvalue weighted by molar-refractivity contribution is -0.121. The summed E-state index contributed by atoms with van der Waals surface area (Å²) in [5.74, 6) is 1.61. The Kier molecular flexibility index (Phi) is 8.03. The van der Waals surface area contributed by atoms with Crippen LogP contribution in [-0.2, 0) is 24.2 Å². The summed E-state index contributed by atoms with van der Waals surface area (Å²) in [6, 6.07) is 15.0. The van der Waals surface area contributed by atoms with Crippen molar-refractivity contribution >= 4 is 29.0 Å². The summed E-state index contributed by atoms with van der Waals surface area (Å²) in [7, 11) is 0. The molecule has 1 aliphatic rings. The number of thiophene rings is 1. The predicted molar refractivity (Wildman–Crippen MR) is 132 cm³/mol. The van der Waals surface area contributed by atoms with Gasteiger partial charge in [0.15, 0.2) is 5.16 Å². The van der Waals surface area contributed by atoms with E-state index in [1.807, 2.05) is 13.0 Å². The standard InChI is InChI=1S/C25H32N4OS2/c1-18-9-6-7-13-22(18)26-24(30)19(2)32-25-28-27-23(17-21-12-8-16-31-21)29(25)15-14-20-10-4-3-5-11-20/h3-5,8,10-12,16,18-19,22H,6-7,9,13-15,17H2,1-2H3,(H,26,30). The van der Waals surface area contributed by atoms with E-state index in [2.05, 4.69) is 68.8 Å². The van der Waals surface area contributed by atoms with Gasteiger partial charge >= 0.3 is 0 Å². The molecule has 1 amide bonds. The van der Waals surface area contributed by atoms with Crippen LogP contribution >= 0.6 is 23.1 Å². The smallest absolute Gasteiger partial charge is 0.233 e. The Hall–Kier alpha value is -2.12. The topological polar surface area (TPSA) is 59.8 Å². The number of carbonyl (C=O) groups excluding carboxylic acids is 1. The van der Waals surface area contributed by atoms with Gasteiger partial charge in [-0.1, -0.05) is 67.9 Å². The van der Waals surface area contributed by atoms with Gasteiger partial charge in [0.2, 0.25) is 5.91 Å². The second kappa shape index (κ2) is 11.1. The van der Waals surface area contributed by atoms with Crippen LogP contribution in [0.4, 0.5) is 0 Å². The molecule has 5 nitrogen and oxygen atoms in total. The van der Waals surface area contributed by atoms with E-state index >= 15 is 0 Å². The summed E-state index contributed by atoms with van der Waals surface area (Å²) in [6.07, 6.45) is 6.44. The zero-order valence-electron chi connectivity index (χ0n) is 18.9. The lowest BCUT2D eigenvalue weighted by Gasteiger charge is -2.30. The van der Waals surface area contributed by atoms with Crippen LogP contribution in [0.5, 0.6) is 0 Å². The zero-order chi connectivity index (χ0) is 22.3. The molecular weight excluding hydrogens is 436 g/mol. The maximum Gasteiger partial charge on any atom is 0.233 e. The van der Waals surface area contributed by atoms with Crippen molar-refractivity contribution in [2.45, 2.75) is 75.4 Å². The van der Waals surface area contributed by atoms with Crippen molar-refractivity contribution in [3.8, 4) is 0 Å². The number of benzene rings is 1. The number of hydrogen-bond acceptors (Lipinski definition) is 5. The molecule has 1 aliphatic carbocycles. The molecule has 0 saturated heterocycles. The van der Waals surface area contributed by atoms with E-state index in [4.69, 9.17) is 0 Å². The number of thioether (sulfide) groups is 1. The summed E-state index contributed by atoms with van der Waals surface area (Å²) in [6.45, 7) is 5.02. The molecule has 0 aliphatic heterocycles. The van der Waals surface area contributed by atoms with Gasteiger partial charge in [-0.25, -0.2) is 0 Å². The van der Waals surface area contributed by atoms with Gasteiger partial charge in [0, 0.05) is 23.9 Å². The van der Waals surface area contributed by atoms with E-state index in [1.165, 1.54) is 41.5 Å². The first-order valence-corrected chi connectivity index (χ1v) is 13.3. The minimum atomic E-state index is -0.210. The van der Waals surface area contributed by atoms with E-state index in [0.717, 1.165) is 36.8 Å². The number of nitrogens with one attached hydrogen (secondary N) is 1. The van der Waals surface area contributed by atoms with Crippen LogP contribution in [-0.4, -0.2) is 32.0 Å². The largest absolute Gasteiger partial charge is 0.352 e. The molecule has 1 N–H and O–H groups in total. The number of aryl methyl sites for hydroxylation is 1. The van der Waals surface area contributed by atoms with Gasteiger partial charge in [-0.15, -0.1) is 21.5 Å². The fourth-order valence-corrected chi connectivity index (χ4v) is 5.86. The highest BCUT2D eigenvalue weighted by atomic mass is 32.2. The second-order valence-electron chi connectivity index (χ2n) is 8.68. The number of nitrogens with zero attached hydrogens (tertiary/aromatic N) is 3. The number of amides is 1. The van der Waals surface area contributed by atoms with E-state index in [-0.39, 0.29) is 11.2 Å². The summed E-state index contributed by atoms with van der Waals surface area (Å²) >= 11 is 3.25. The Balaban J connectivity index is 1.46. The molecule has 2 aromatic heterocycles. The maximum atomic E-state index is 12.9. The molecule has 0 spiro atoms. The van der Waals surface area contributed by atoms with Crippen molar-refractivity contribution < 1.29 is 4.79 Å². The van der Waals surface area contributed by atoms with Crippen molar-refractivity contribution in [1.29, 1.82) is 0 Å². The molecule has 3 atom stereocenters. The summed E-state index contributed by atoms with van der Waals surface area (Å²) in [4.78, 5) is 14.2. The predicted octanol–water partition coefficient (Wildman–Crippen LogP) is 5.35. The van der Waals surface area contributed by atoms with Crippen molar-refractivity contribution in [2.75, 3.05) is 0 Å². The Labute approximate surface area is 199 Å². The normalized spacial score (nSPS) is 19.6. The van der Waals surface area contributed by atoms with Crippen LogP contribution in [0.2, 0.25) is 0 Å². The summed E-state index contributed by atoms with van der Waals surface area (Å²) in [5, 5.41) is 15.0. The molecule has 32 heavy (non-hydrogen) atoms. The summed E-state index contributed by atoms with van der Waals surface area (Å²) in [5.41, 5.74) is 1.29. The monoisotopic (exact) mass is 468 g/mol. The highest BCUT2D eigenvalue weighted by Gasteiger charge is 2.26. The second-order valence-corrected chi connectivity index (χ2v) is 11.0. The van der Waals surface area contributed by atoms with Crippen LogP contribution in [0.15, 0.2) is 53.0 Å². The van der Waals surface area contributed by atoms with Gasteiger partial charge in [-0.2, -0.15) is 0 Å². The molecule has 7 heteroatoms. The first-order chi connectivity index (χ1) is 15.6. The van der Waals surface area contributed by atoms with Crippen molar-refractivity contribution in [2.24, 2.45) is 5.92 Å². The third-order valence-electron chi connectivity index (χ3n) is 6.26. The molecule has 4 rings (SSSR count). The Morgan fingerprint density at radius 3 is 2.75 bits per heavy atom. The molecule has 2 heterocycles. The molecule has 0 radical (unpaired) electrons. The van der Waals surface area contributed by atoms with Crippen LogP contribution in [0.3, 0.4) is 0 Å². The lowest BCUT2D eigenvalue weighted by Crippen LogP contribution is -2.44. The molecule has 1 fully saturated rings. The highest BCUT2D eigenvalue weighted by Crippen LogP contribution is 2.27. The van der Waals surface area contributed by atoms with Gasteiger partial charge in [0.1, 0.15) is 5.82 Å². The molecule has 0 bridgehead atoms. The lowest BCUT2D eigenvalue weighted by atomic mass is 9.86. The first-order valence-electron chi connectivity index (χ1n) is 11.6. The molecule has 3 aromatic rings. The van der Waals surface area contributed by atoms with Crippen LogP contribution in [0.25, 0.3) is 0 Å². The van der Waals surface area contributed by atoms with Gasteiger partial charge in [0.25, 0.3) is 0 Å². The van der Waals surface area contributed by atoms with Crippen LogP contribution in [0.1, 0.15) is 55.8 Å². The minimum Gasteiger partial charge on any atom is -0.352 e. The molecule has 3 unspecified atom stereocenters. The number of aromatic nitrogens is 3. The van der Waals surface area contributed by atoms with Crippen molar-refractivity contribution in [3.05, 3.63) is 64.1 Å². The number of hydrogen-bond donors (Lipinski definition) is 1. The quantitative estimate of drug-likeness (QED) is 0.430. The van der Waals surface area contributed by atoms with E-state index in [9.17, 15) is 4.79 Å². The Bertz CT molecular complexity index is 987. The number of rotatable bonds is 9. The van der Waals surface area contributed by atoms with Gasteiger partial charge in [0.05, 0.1) is 5.25 Å². The maximum absolute atomic E-state index is 12.9. The Morgan fingerprint density at radius 1 is 1.19 bits per heavy atom. The average molecular weight is 469 g/mol. The molecule has 1 saturated carbocycles. The third kappa shape index (κ3) is 6.01. The molecule has 170 valence electrons. The van der Waals surface area contributed by atoms with Crippen molar-refractivity contribution in [1.82, 2.24) is 20.1 Å². The fourth-order valence-electron chi connectivity index (χ4n) is 4.26. The van der Waals surface area contributed by atoms with Gasteiger partial charge in [-0.3, -0.25) is 4.79 Å². The van der Waals surface area contributed by atoms with E-state index < -0.39 is 0 Å². The zero-order valence-corrected chi connectivity index (χ0v) is 20.5. The first kappa shape index (κ1) is 23.1. The van der Waals surface area contributed by atoms with Crippen molar-refractivity contribution in [3.63, 3.8) is 0 Å². The summed E-state index contributed by atoms with van der Waals surface area (Å²) < 4.78 is 2.20. The van der Waals surface area contributed by atoms with E-state index in [0.29, 0.717) is 12.0 Å². The van der Waals surface area contributed by atoms with Crippen LogP contribution in [0, 0.1) is 5.92 Å². The minimum absolute atomic E-state index is 0.103. The van der Waals surface area contributed by atoms with Crippen LogP contribution < -0.4 is 5.32 Å².